The lowest BCUT2D eigenvalue weighted by atomic mass is 9.91. The molecule has 0 bridgehead atoms. The van der Waals surface area contributed by atoms with Crippen LogP contribution in [0.1, 0.15) is 27.4 Å². The topological polar surface area (TPSA) is 102 Å². The van der Waals surface area contributed by atoms with Gasteiger partial charge >= 0.3 is 11.9 Å². The number of ether oxygens (including phenoxy) is 1. The molecule has 3 N–H and O–H groups in total. The van der Waals surface area contributed by atoms with Crippen LogP contribution in [0, 0.1) is 0 Å². The molecule has 2 rings (SSSR count). The van der Waals surface area contributed by atoms with Crippen molar-refractivity contribution in [3.05, 3.63) is 59.2 Å². The molecule has 2 aromatic carbocycles. The first-order valence-corrected chi connectivity index (χ1v) is 7.45. The molecule has 6 nitrogen and oxygen atoms in total. The highest BCUT2D eigenvalue weighted by Gasteiger charge is 2.21. The first kappa shape index (κ1) is 17.6. The molecule has 1 atom stereocenters. The van der Waals surface area contributed by atoms with Gasteiger partial charge in [0.25, 0.3) is 0 Å². The van der Waals surface area contributed by atoms with Gasteiger partial charge in [0.2, 0.25) is 0 Å². The van der Waals surface area contributed by atoms with Crippen LogP contribution in [0.4, 0.5) is 11.4 Å². The zero-order valence-electron chi connectivity index (χ0n) is 12.9. The van der Waals surface area contributed by atoms with E-state index in [-0.39, 0.29) is 6.42 Å². The lowest BCUT2D eigenvalue weighted by Gasteiger charge is -2.14. The Morgan fingerprint density at radius 3 is 2.42 bits per heavy atom. The molecule has 0 radical (unpaired) electrons. The van der Waals surface area contributed by atoms with Crippen LogP contribution < -0.4 is 5.73 Å². The highest BCUT2D eigenvalue weighted by atomic mass is 32.1. The van der Waals surface area contributed by atoms with E-state index in [1.807, 2.05) is 0 Å². The summed E-state index contributed by atoms with van der Waals surface area (Å²) in [7, 11) is 1.31. The molecule has 24 heavy (non-hydrogen) atoms. The molecule has 1 unspecified atom stereocenters. The Morgan fingerprint density at radius 2 is 1.92 bits per heavy atom. The van der Waals surface area contributed by atoms with E-state index in [4.69, 9.17) is 5.73 Å². The number of aliphatic carboxylic acids is 1. The number of esters is 1. The van der Waals surface area contributed by atoms with Crippen molar-refractivity contribution in [1.82, 2.24) is 0 Å². The summed E-state index contributed by atoms with van der Waals surface area (Å²) < 4.78 is 8.24. The second-order valence-electron chi connectivity index (χ2n) is 5.19. The third-order valence-electron chi connectivity index (χ3n) is 3.67. The van der Waals surface area contributed by atoms with Crippen LogP contribution in [0.2, 0.25) is 0 Å². The number of carboxylic acid groups (broad SMARTS) is 1. The van der Waals surface area contributed by atoms with Crippen LogP contribution >= 0.6 is 0 Å². The molecule has 0 aliphatic heterocycles. The maximum Gasteiger partial charge on any atom is 0.337 e. The summed E-state index contributed by atoms with van der Waals surface area (Å²) in [6, 6.07) is 11.5. The van der Waals surface area contributed by atoms with E-state index in [9.17, 15) is 14.7 Å². The number of anilines is 1. The van der Waals surface area contributed by atoms with E-state index < -0.39 is 17.9 Å². The standard InChI is InChI=1S/C17H16N2O4S/c1-23-17(22)11-4-2-10(3-5-11)8-13(16(20)21)12-6-7-15(19-24)14(18)9-12/h2-7,9,13H,8,18H2,1H3,(H,20,21). The average Bonchev–Trinajstić information content (AvgIpc) is 2.59. The van der Waals surface area contributed by atoms with Gasteiger partial charge in [0, 0.05) is 12.4 Å². The molecular weight excluding hydrogens is 328 g/mol. The number of rotatable bonds is 6. The van der Waals surface area contributed by atoms with Gasteiger partial charge in [0.15, 0.2) is 0 Å². The number of carboxylic acids is 1. The minimum atomic E-state index is -0.963. The van der Waals surface area contributed by atoms with Gasteiger partial charge in [-0.05, 0) is 41.8 Å². The molecule has 2 aromatic rings. The number of nitrogens with two attached hydrogens (primary N) is 1. The maximum absolute atomic E-state index is 11.6. The summed E-state index contributed by atoms with van der Waals surface area (Å²) in [5.74, 6) is -2.17. The zero-order valence-corrected chi connectivity index (χ0v) is 13.7. The normalized spacial score (nSPS) is 11.5. The van der Waals surface area contributed by atoms with Crippen LogP contribution in [-0.4, -0.2) is 24.2 Å². The average molecular weight is 344 g/mol. The van der Waals surface area contributed by atoms with Crippen LogP contribution in [-0.2, 0) is 28.4 Å². The molecule has 0 aliphatic carbocycles. The summed E-state index contributed by atoms with van der Waals surface area (Å²) in [6.07, 6.45) is 0.264. The van der Waals surface area contributed by atoms with Gasteiger partial charge in [-0.15, -0.1) is 0 Å². The monoisotopic (exact) mass is 344 g/mol. The minimum absolute atomic E-state index is 0.264. The first-order valence-electron chi connectivity index (χ1n) is 7.09. The number of hydrogen-bond donors (Lipinski definition) is 2. The van der Waals surface area contributed by atoms with Crippen molar-refractivity contribution in [2.24, 2.45) is 4.36 Å². The number of carbonyl (C=O) groups excluding carboxylic acids is 1. The van der Waals surface area contributed by atoms with Gasteiger partial charge in [-0.1, -0.05) is 18.2 Å². The zero-order chi connectivity index (χ0) is 17.7. The number of carbonyl (C=O) groups is 2. The highest BCUT2D eigenvalue weighted by molar-refractivity contribution is 7.47. The number of nitrogen functional groups attached to an aromatic ring is 1. The van der Waals surface area contributed by atoms with Gasteiger partial charge in [-0.3, -0.25) is 4.79 Å². The summed E-state index contributed by atoms with van der Waals surface area (Å²) in [6.45, 7) is 0. The van der Waals surface area contributed by atoms with E-state index >= 15 is 0 Å². The van der Waals surface area contributed by atoms with Gasteiger partial charge in [0.05, 0.1) is 30.0 Å². The predicted molar refractivity (Wildman–Crippen MR) is 92.2 cm³/mol. The molecule has 0 amide bonds. The SMILES string of the molecule is COC(=O)c1ccc(CC(C(=O)O)c2ccc(N=S)c(N)c2)cc1. The van der Waals surface area contributed by atoms with Gasteiger partial charge in [-0.25, -0.2) is 4.79 Å². The Kier molecular flexibility index (Phi) is 5.59. The largest absolute Gasteiger partial charge is 0.481 e. The second kappa shape index (κ2) is 7.65. The number of nitrogens with zero attached hydrogens (tertiary/aromatic N) is 1. The fourth-order valence-corrected chi connectivity index (χ4v) is 2.52. The Balaban J connectivity index is 2.26. The minimum Gasteiger partial charge on any atom is -0.481 e. The predicted octanol–water partition coefficient (Wildman–Crippen LogP) is 2.83. The lowest BCUT2D eigenvalue weighted by molar-refractivity contribution is -0.138. The molecule has 0 aromatic heterocycles. The van der Waals surface area contributed by atoms with E-state index in [1.54, 1.807) is 42.5 Å². The van der Waals surface area contributed by atoms with Crippen molar-refractivity contribution in [2.75, 3.05) is 12.8 Å². The third kappa shape index (κ3) is 3.94. The summed E-state index contributed by atoms with van der Waals surface area (Å²) in [5.41, 5.74) is 8.38. The van der Waals surface area contributed by atoms with E-state index in [0.29, 0.717) is 22.5 Å². The second-order valence-corrected chi connectivity index (χ2v) is 5.38. The van der Waals surface area contributed by atoms with Crippen LogP contribution in [0.3, 0.4) is 0 Å². The quantitative estimate of drug-likeness (QED) is 0.617. The first-order chi connectivity index (χ1) is 11.5. The van der Waals surface area contributed by atoms with Crippen molar-refractivity contribution in [3.63, 3.8) is 0 Å². The molecule has 0 spiro atoms. The van der Waals surface area contributed by atoms with Crippen molar-refractivity contribution < 1.29 is 19.4 Å². The Bertz CT molecular complexity index is 775. The summed E-state index contributed by atoms with van der Waals surface area (Å²) >= 11 is 4.61. The van der Waals surface area contributed by atoms with Crippen molar-refractivity contribution >= 4 is 35.7 Å². The Labute approximate surface area is 144 Å². The van der Waals surface area contributed by atoms with E-state index in [0.717, 1.165) is 5.56 Å². The smallest absolute Gasteiger partial charge is 0.337 e. The van der Waals surface area contributed by atoms with Gasteiger partial charge in [0.1, 0.15) is 0 Å². The molecule has 0 saturated heterocycles. The Hall–Kier alpha value is -2.80. The highest BCUT2D eigenvalue weighted by Crippen LogP contribution is 2.29. The molecule has 7 heteroatoms. The van der Waals surface area contributed by atoms with Crippen LogP contribution in [0.25, 0.3) is 0 Å². The van der Waals surface area contributed by atoms with E-state index in [2.05, 4.69) is 21.5 Å². The molecule has 0 saturated carbocycles. The maximum atomic E-state index is 11.6. The van der Waals surface area contributed by atoms with Crippen molar-refractivity contribution in [2.45, 2.75) is 12.3 Å². The van der Waals surface area contributed by atoms with Gasteiger partial charge in [-0.2, -0.15) is 4.36 Å². The lowest BCUT2D eigenvalue weighted by Crippen LogP contribution is -2.15. The summed E-state index contributed by atoms with van der Waals surface area (Å²) in [5, 5.41) is 9.53. The third-order valence-corrected chi connectivity index (χ3v) is 3.86. The van der Waals surface area contributed by atoms with Crippen LogP contribution in [0.15, 0.2) is 46.8 Å². The van der Waals surface area contributed by atoms with Crippen LogP contribution in [0.5, 0.6) is 0 Å². The fourth-order valence-electron chi connectivity index (χ4n) is 2.35. The fraction of sp³-hybridized carbons (Fsp3) is 0.176. The molecule has 0 fully saturated rings. The van der Waals surface area contributed by atoms with E-state index in [1.165, 1.54) is 7.11 Å². The van der Waals surface area contributed by atoms with Gasteiger partial charge < -0.3 is 15.6 Å². The van der Waals surface area contributed by atoms with Crippen molar-refractivity contribution in [1.29, 1.82) is 0 Å². The summed E-state index contributed by atoms with van der Waals surface area (Å²) in [4.78, 5) is 23.1. The molecule has 124 valence electrons. The molecular formula is C17H16N2O4S. The number of methoxy groups -OCH3 is 1. The molecule has 0 aliphatic rings. The number of benzene rings is 2. The van der Waals surface area contributed by atoms with Crippen molar-refractivity contribution in [3.8, 4) is 0 Å². The number of hydrogen-bond acceptors (Lipinski definition) is 6. The molecule has 0 heterocycles. The Morgan fingerprint density at radius 1 is 1.25 bits per heavy atom.